The van der Waals surface area contributed by atoms with Crippen molar-refractivity contribution in [2.75, 3.05) is 19.0 Å². The number of carbonyl (C=O) groups excluding carboxylic acids is 1. The smallest absolute Gasteiger partial charge is 0.251 e. The van der Waals surface area contributed by atoms with Crippen molar-refractivity contribution in [3.63, 3.8) is 0 Å². The minimum absolute atomic E-state index is 0.157. The second-order valence-electron chi connectivity index (χ2n) is 5.92. The third-order valence-corrected chi connectivity index (χ3v) is 4.07. The van der Waals surface area contributed by atoms with E-state index in [4.69, 9.17) is 4.74 Å². The van der Waals surface area contributed by atoms with E-state index in [-0.39, 0.29) is 5.91 Å². The number of hydrogen-bond donors (Lipinski definition) is 2. The number of rotatable bonds is 8. The first-order valence-electron chi connectivity index (χ1n) is 8.76. The maximum Gasteiger partial charge on any atom is 0.251 e. The Labute approximate surface area is 158 Å². The molecule has 0 aliphatic rings. The molecule has 0 saturated heterocycles. The number of ether oxygens (including phenoxy) is 1. The molecule has 0 atom stereocenters. The average Bonchev–Trinajstić information content (AvgIpc) is 2.73. The normalized spacial score (nSPS) is 10.3. The molecule has 0 fully saturated rings. The van der Waals surface area contributed by atoms with Crippen molar-refractivity contribution in [1.82, 2.24) is 15.3 Å². The highest BCUT2D eigenvalue weighted by Gasteiger charge is 2.07. The van der Waals surface area contributed by atoms with Gasteiger partial charge in [-0.25, -0.2) is 4.98 Å². The Kier molecular flexibility index (Phi) is 6.35. The van der Waals surface area contributed by atoms with Crippen LogP contribution in [-0.2, 0) is 13.0 Å². The zero-order chi connectivity index (χ0) is 18.9. The van der Waals surface area contributed by atoms with Crippen molar-refractivity contribution in [1.29, 1.82) is 0 Å². The van der Waals surface area contributed by atoms with Crippen LogP contribution in [0.1, 0.15) is 21.6 Å². The van der Waals surface area contributed by atoms with Gasteiger partial charge in [0.15, 0.2) is 0 Å². The van der Waals surface area contributed by atoms with Crippen LogP contribution in [0.2, 0.25) is 0 Å². The molecule has 0 aliphatic carbocycles. The number of aromatic nitrogens is 2. The summed E-state index contributed by atoms with van der Waals surface area (Å²) < 4.78 is 5.36. The highest BCUT2D eigenvalue weighted by Crippen LogP contribution is 2.17. The number of anilines is 1. The third kappa shape index (κ3) is 5.28. The van der Waals surface area contributed by atoms with Crippen LogP contribution in [0.25, 0.3) is 0 Å². The van der Waals surface area contributed by atoms with E-state index >= 15 is 0 Å². The van der Waals surface area contributed by atoms with Crippen molar-refractivity contribution in [2.45, 2.75) is 13.0 Å². The van der Waals surface area contributed by atoms with Crippen LogP contribution in [0.3, 0.4) is 0 Å². The van der Waals surface area contributed by atoms with Gasteiger partial charge in [0.25, 0.3) is 5.91 Å². The number of carbonyl (C=O) groups is 1. The number of nitrogens with zero attached hydrogens (tertiary/aromatic N) is 2. The minimum atomic E-state index is -0.157. The fourth-order valence-corrected chi connectivity index (χ4v) is 2.68. The van der Waals surface area contributed by atoms with Crippen molar-refractivity contribution < 1.29 is 9.53 Å². The number of para-hydroxylation sites is 1. The first-order chi connectivity index (χ1) is 13.3. The standard InChI is InChI=1S/C21H22N4O2/c1-27-19-8-3-2-6-16(19)9-12-23-20-14-17(10-13-24-20)21(26)25-15-18-7-4-5-11-22-18/h2-8,10-11,13-14H,9,12,15H2,1H3,(H,23,24)(H,25,26). The second kappa shape index (κ2) is 9.33. The number of benzene rings is 1. The lowest BCUT2D eigenvalue weighted by Crippen LogP contribution is -2.23. The maximum absolute atomic E-state index is 12.3. The molecule has 0 radical (unpaired) electrons. The summed E-state index contributed by atoms with van der Waals surface area (Å²) in [5.41, 5.74) is 2.49. The highest BCUT2D eigenvalue weighted by molar-refractivity contribution is 5.94. The summed E-state index contributed by atoms with van der Waals surface area (Å²) in [4.78, 5) is 20.8. The Hall–Kier alpha value is -3.41. The zero-order valence-corrected chi connectivity index (χ0v) is 15.2. The molecule has 27 heavy (non-hydrogen) atoms. The van der Waals surface area contributed by atoms with Gasteiger partial charge in [0.1, 0.15) is 11.6 Å². The zero-order valence-electron chi connectivity index (χ0n) is 15.2. The van der Waals surface area contributed by atoms with E-state index in [9.17, 15) is 4.79 Å². The van der Waals surface area contributed by atoms with Gasteiger partial charge in [-0.3, -0.25) is 9.78 Å². The molecule has 6 nitrogen and oxygen atoms in total. The Balaban J connectivity index is 1.54. The van der Waals surface area contributed by atoms with Crippen molar-refractivity contribution in [3.05, 3.63) is 83.8 Å². The Morgan fingerprint density at radius 3 is 2.70 bits per heavy atom. The molecule has 3 aromatic rings. The quantitative estimate of drug-likeness (QED) is 0.644. The van der Waals surface area contributed by atoms with Gasteiger partial charge in [-0.15, -0.1) is 0 Å². The number of hydrogen-bond acceptors (Lipinski definition) is 5. The molecule has 6 heteroatoms. The molecule has 2 N–H and O–H groups in total. The summed E-state index contributed by atoms with van der Waals surface area (Å²) in [7, 11) is 1.67. The second-order valence-corrected chi connectivity index (χ2v) is 5.92. The summed E-state index contributed by atoms with van der Waals surface area (Å²) in [5, 5.41) is 6.12. The van der Waals surface area contributed by atoms with E-state index in [1.165, 1.54) is 0 Å². The number of methoxy groups -OCH3 is 1. The summed E-state index contributed by atoms with van der Waals surface area (Å²) in [6.45, 7) is 1.07. The van der Waals surface area contributed by atoms with Crippen molar-refractivity contribution in [2.24, 2.45) is 0 Å². The van der Waals surface area contributed by atoms with Crippen LogP contribution >= 0.6 is 0 Å². The summed E-state index contributed by atoms with van der Waals surface area (Å²) in [5.74, 6) is 1.38. The van der Waals surface area contributed by atoms with Gasteiger partial charge in [0.2, 0.25) is 0 Å². The van der Waals surface area contributed by atoms with E-state index in [0.717, 1.165) is 23.4 Å². The molecule has 0 saturated carbocycles. The molecule has 3 rings (SSSR count). The van der Waals surface area contributed by atoms with Gasteiger partial charge in [-0.05, 0) is 42.3 Å². The average molecular weight is 362 g/mol. The molecule has 138 valence electrons. The Bertz CT molecular complexity index is 884. The molecule has 0 aliphatic heterocycles. The largest absolute Gasteiger partial charge is 0.496 e. The van der Waals surface area contributed by atoms with Gasteiger partial charge in [-0.1, -0.05) is 24.3 Å². The van der Waals surface area contributed by atoms with Crippen LogP contribution in [0, 0.1) is 0 Å². The minimum Gasteiger partial charge on any atom is -0.496 e. The number of pyridine rings is 2. The van der Waals surface area contributed by atoms with Gasteiger partial charge in [0.05, 0.1) is 19.3 Å². The lowest BCUT2D eigenvalue weighted by molar-refractivity contribution is 0.0950. The summed E-state index contributed by atoms with van der Waals surface area (Å²) in [6, 6.07) is 17.0. The molecule has 1 amide bonds. The van der Waals surface area contributed by atoms with Gasteiger partial charge in [-0.2, -0.15) is 0 Å². The van der Waals surface area contributed by atoms with Crippen LogP contribution in [0.4, 0.5) is 5.82 Å². The van der Waals surface area contributed by atoms with E-state index < -0.39 is 0 Å². The number of nitrogens with one attached hydrogen (secondary N) is 2. The predicted molar refractivity (Wildman–Crippen MR) is 105 cm³/mol. The predicted octanol–water partition coefficient (Wildman–Crippen LogP) is 3.07. The van der Waals surface area contributed by atoms with E-state index in [2.05, 4.69) is 20.6 Å². The lowest BCUT2D eigenvalue weighted by atomic mass is 10.1. The van der Waals surface area contributed by atoms with Crippen LogP contribution in [0.5, 0.6) is 5.75 Å². The fraction of sp³-hybridized carbons (Fsp3) is 0.190. The van der Waals surface area contributed by atoms with Crippen LogP contribution in [0.15, 0.2) is 67.0 Å². The SMILES string of the molecule is COc1ccccc1CCNc1cc(C(=O)NCc2ccccn2)ccn1. The first-order valence-corrected chi connectivity index (χ1v) is 8.76. The molecule has 0 bridgehead atoms. The number of amides is 1. The fourth-order valence-electron chi connectivity index (χ4n) is 2.68. The van der Waals surface area contributed by atoms with E-state index in [1.54, 1.807) is 31.6 Å². The molecule has 2 aromatic heterocycles. The van der Waals surface area contributed by atoms with E-state index in [0.29, 0.717) is 24.5 Å². The monoisotopic (exact) mass is 362 g/mol. The molecule has 0 spiro atoms. The Morgan fingerprint density at radius 1 is 1.04 bits per heavy atom. The Morgan fingerprint density at radius 2 is 1.89 bits per heavy atom. The van der Waals surface area contributed by atoms with Gasteiger partial charge in [0, 0.05) is 24.5 Å². The van der Waals surface area contributed by atoms with E-state index in [1.807, 2.05) is 42.5 Å². The first kappa shape index (κ1) is 18.4. The van der Waals surface area contributed by atoms with Gasteiger partial charge >= 0.3 is 0 Å². The molecular weight excluding hydrogens is 340 g/mol. The van der Waals surface area contributed by atoms with Gasteiger partial charge < -0.3 is 15.4 Å². The van der Waals surface area contributed by atoms with Crippen molar-refractivity contribution >= 4 is 11.7 Å². The molecule has 0 unspecified atom stereocenters. The highest BCUT2D eigenvalue weighted by atomic mass is 16.5. The third-order valence-electron chi connectivity index (χ3n) is 4.07. The lowest BCUT2D eigenvalue weighted by Gasteiger charge is -2.10. The van der Waals surface area contributed by atoms with Crippen molar-refractivity contribution in [3.8, 4) is 5.75 Å². The maximum atomic E-state index is 12.3. The summed E-state index contributed by atoms with van der Waals surface area (Å²) >= 11 is 0. The summed E-state index contributed by atoms with van der Waals surface area (Å²) in [6.07, 6.45) is 4.13. The van der Waals surface area contributed by atoms with Crippen LogP contribution in [-0.4, -0.2) is 29.5 Å². The molecule has 2 heterocycles. The topological polar surface area (TPSA) is 76.1 Å². The molecule has 1 aromatic carbocycles. The van der Waals surface area contributed by atoms with Crippen LogP contribution < -0.4 is 15.4 Å². The molecular formula is C21H22N4O2.